The lowest BCUT2D eigenvalue weighted by atomic mass is 10.5. The molecule has 0 rings (SSSR count). The van der Waals surface area contributed by atoms with Crippen LogP contribution in [0.25, 0.3) is 0 Å². The lowest BCUT2D eigenvalue weighted by Gasteiger charge is -2.35. The van der Waals surface area contributed by atoms with Crippen LogP contribution in [-0.2, 0) is 4.52 Å². The Morgan fingerprint density at radius 3 is 1.75 bits per heavy atom. The van der Waals surface area contributed by atoms with E-state index in [0.717, 1.165) is 26.2 Å². The molecule has 0 atom stereocenters. The first-order valence-corrected chi connectivity index (χ1v) is 7.21. The molecule has 0 heterocycles. The average molecular weight is 245 g/mol. The van der Waals surface area contributed by atoms with E-state index in [2.05, 4.69) is 43.1 Å². The van der Waals surface area contributed by atoms with Crippen molar-refractivity contribution >= 4 is 8.45 Å². The Morgan fingerprint density at radius 1 is 1.00 bits per heavy atom. The molecule has 0 saturated carbocycles. The third kappa shape index (κ3) is 5.23. The van der Waals surface area contributed by atoms with Crippen LogP contribution < -0.4 is 0 Å². The van der Waals surface area contributed by atoms with Crippen LogP contribution in [0.1, 0.15) is 34.1 Å². The van der Waals surface area contributed by atoms with E-state index in [4.69, 9.17) is 9.79 Å². The monoisotopic (exact) mass is 245 g/mol. The molecule has 4 nitrogen and oxygen atoms in total. The molecular formula is C11H24N3OP. The van der Waals surface area contributed by atoms with Crippen LogP contribution in [0.5, 0.6) is 0 Å². The Balaban J connectivity index is 4.41. The van der Waals surface area contributed by atoms with Crippen molar-refractivity contribution in [2.75, 3.05) is 32.8 Å². The second-order valence-corrected chi connectivity index (χ2v) is 5.17. The molecule has 0 aliphatic heterocycles. The quantitative estimate of drug-likeness (QED) is 0.462. The number of rotatable bonds is 9. The van der Waals surface area contributed by atoms with E-state index >= 15 is 0 Å². The third-order valence-corrected chi connectivity index (χ3v) is 4.88. The van der Waals surface area contributed by atoms with Gasteiger partial charge in [-0.1, -0.05) is 27.7 Å². The van der Waals surface area contributed by atoms with E-state index in [9.17, 15) is 0 Å². The van der Waals surface area contributed by atoms with E-state index in [-0.39, 0.29) is 0 Å². The van der Waals surface area contributed by atoms with Crippen molar-refractivity contribution in [2.24, 2.45) is 0 Å². The molecule has 16 heavy (non-hydrogen) atoms. The summed E-state index contributed by atoms with van der Waals surface area (Å²) < 4.78 is 10.5. The molecule has 0 aromatic rings. The predicted molar refractivity (Wildman–Crippen MR) is 68.9 cm³/mol. The molecule has 0 aromatic carbocycles. The normalized spacial score (nSPS) is 11.4. The van der Waals surface area contributed by atoms with Crippen LogP contribution in [-0.4, -0.2) is 42.1 Å². The predicted octanol–water partition coefficient (Wildman–Crippen LogP) is 2.83. The lowest BCUT2D eigenvalue weighted by Crippen LogP contribution is -2.30. The van der Waals surface area contributed by atoms with Crippen LogP contribution >= 0.6 is 8.45 Å². The summed E-state index contributed by atoms with van der Waals surface area (Å²) in [6.45, 7) is 13.1. The van der Waals surface area contributed by atoms with Gasteiger partial charge in [0.05, 0.1) is 19.1 Å². The summed E-state index contributed by atoms with van der Waals surface area (Å²) in [5, 5.41) is 8.54. The molecule has 0 spiro atoms. The first-order chi connectivity index (χ1) is 7.74. The van der Waals surface area contributed by atoms with Gasteiger partial charge in [-0.25, -0.2) is 9.34 Å². The Hall–Kier alpha value is -0.200. The van der Waals surface area contributed by atoms with Gasteiger partial charge < -0.3 is 4.52 Å². The van der Waals surface area contributed by atoms with E-state index in [1.54, 1.807) is 0 Å². The standard InChI is InChI=1S/C11H24N3OP/c1-5-13(6-2)16(14(7-3)8-4)15-11-9-10-12/h5-9,11H2,1-4H3. The van der Waals surface area contributed by atoms with E-state index in [1.165, 1.54) is 0 Å². The number of nitrogens with zero attached hydrogens (tertiary/aromatic N) is 3. The van der Waals surface area contributed by atoms with Crippen LogP contribution in [0.3, 0.4) is 0 Å². The van der Waals surface area contributed by atoms with Crippen LogP contribution in [0.15, 0.2) is 0 Å². The van der Waals surface area contributed by atoms with E-state index in [0.29, 0.717) is 13.0 Å². The van der Waals surface area contributed by atoms with Crippen molar-refractivity contribution in [2.45, 2.75) is 34.1 Å². The highest BCUT2D eigenvalue weighted by Crippen LogP contribution is 2.44. The van der Waals surface area contributed by atoms with Crippen molar-refractivity contribution in [1.29, 1.82) is 5.26 Å². The minimum atomic E-state index is -0.684. The number of hydrogen-bond acceptors (Lipinski definition) is 4. The van der Waals surface area contributed by atoms with Gasteiger partial charge in [-0.15, -0.1) is 0 Å². The van der Waals surface area contributed by atoms with Gasteiger partial charge in [-0.05, 0) is 0 Å². The van der Waals surface area contributed by atoms with Gasteiger partial charge in [0.15, 0.2) is 8.45 Å². The van der Waals surface area contributed by atoms with Gasteiger partial charge in [0.25, 0.3) is 0 Å². The highest BCUT2D eigenvalue weighted by atomic mass is 31.2. The Morgan fingerprint density at radius 2 is 1.44 bits per heavy atom. The van der Waals surface area contributed by atoms with Gasteiger partial charge in [0.2, 0.25) is 0 Å². The second-order valence-electron chi connectivity index (χ2n) is 3.27. The molecule has 0 aromatic heterocycles. The Kier molecular flexibility index (Phi) is 9.86. The second kappa shape index (κ2) is 9.99. The Labute approximate surface area is 101 Å². The minimum Gasteiger partial charge on any atom is -0.330 e. The summed E-state index contributed by atoms with van der Waals surface area (Å²) in [7, 11) is -0.684. The highest BCUT2D eigenvalue weighted by Gasteiger charge is 2.22. The minimum absolute atomic E-state index is 0.474. The maximum Gasteiger partial charge on any atom is 0.187 e. The van der Waals surface area contributed by atoms with Gasteiger partial charge in [0, 0.05) is 26.2 Å². The van der Waals surface area contributed by atoms with Crippen LogP contribution in [0, 0.1) is 11.3 Å². The van der Waals surface area contributed by atoms with Gasteiger partial charge in [-0.2, -0.15) is 5.26 Å². The summed E-state index contributed by atoms with van der Waals surface area (Å²) in [6.07, 6.45) is 0.474. The fourth-order valence-electron chi connectivity index (χ4n) is 1.45. The fourth-order valence-corrected chi connectivity index (χ4v) is 3.35. The van der Waals surface area contributed by atoms with Crippen molar-refractivity contribution < 1.29 is 4.52 Å². The van der Waals surface area contributed by atoms with E-state index < -0.39 is 8.45 Å². The van der Waals surface area contributed by atoms with Crippen LogP contribution in [0.4, 0.5) is 0 Å². The molecule has 0 aliphatic rings. The first kappa shape index (κ1) is 15.8. The molecule has 0 saturated heterocycles. The molecule has 0 bridgehead atoms. The smallest absolute Gasteiger partial charge is 0.187 e. The van der Waals surface area contributed by atoms with Crippen molar-refractivity contribution in [3.63, 3.8) is 0 Å². The fraction of sp³-hybridized carbons (Fsp3) is 0.909. The molecule has 0 fully saturated rings. The molecule has 0 radical (unpaired) electrons. The van der Waals surface area contributed by atoms with Crippen molar-refractivity contribution in [3.05, 3.63) is 0 Å². The first-order valence-electron chi connectivity index (χ1n) is 6.04. The summed E-state index contributed by atoms with van der Waals surface area (Å²) in [4.78, 5) is 0. The average Bonchev–Trinajstić information content (AvgIpc) is 2.31. The van der Waals surface area contributed by atoms with Gasteiger partial charge in [0.1, 0.15) is 0 Å². The molecular weight excluding hydrogens is 221 g/mol. The SMILES string of the molecule is CCN(CC)P(OCCC#N)N(CC)CC. The highest BCUT2D eigenvalue weighted by molar-refractivity contribution is 7.47. The largest absolute Gasteiger partial charge is 0.330 e. The topological polar surface area (TPSA) is 39.5 Å². The molecule has 0 aliphatic carbocycles. The summed E-state index contributed by atoms with van der Waals surface area (Å²) in [5.41, 5.74) is 0. The van der Waals surface area contributed by atoms with Gasteiger partial charge in [-0.3, -0.25) is 0 Å². The number of hydrogen-bond donors (Lipinski definition) is 0. The number of nitriles is 1. The van der Waals surface area contributed by atoms with Crippen molar-refractivity contribution in [3.8, 4) is 6.07 Å². The lowest BCUT2D eigenvalue weighted by molar-refractivity contribution is 0.270. The zero-order chi connectivity index (χ0) is 12.4. The summed E-state index contributed by atoms with van der Waals surface area (Å²) >= 11 is 0. The molecule has 5 heteroatoms. The molecule has 0 N–H and O–H groups in total. The van der Waals surface area contributed by atoms with Gasteiger partial charge >= 0.3 is 0 Å². The van der Waals surface area contributed by atoms with Crippen LogP contribution in [0.2, 0.25) is 0 Å². The maximum absolute atomic E-state index is 8.54. The molecule has 94 valence electrons. The zero-order valence-electron chi connectivity index (χ0n) is 10.9. The van der Waals surface area contributed by atoms with Crippen molar-refractivity contribution in [1.82, 2.24) is 9.34 Å². The summed E-state index contributed by atoms with van der Waals surface area (Å²) in [6, 6.07) is 2.12. The van der Waals surface area contributed by atoms with E-state index in [1.807, 2.05) is 0 Å². The third-order valence-electron chi connectivity index (χ3n) is 2.36. The molecule has 0 unspecified atom stereocenters. The molecule has 0 amide bonds. The Bertz CT molecular complexity index is 188. The zero-order valence-corrected chi connectivity index (χ0v) is 11.8. The maximum atomic E-state index is 8.54. The summed E-state index contributed by atoms with van der Waals surface area (Å²) in [5.74, 6) is 0.